The Morgan fingerprint density at radius 2 is 2.06 bits per heavy atom. The summed E-state index contributed by atoms with van der Waals surface area (Å²) in [5.41, 5.74) is 6.20. The topological polar surface area (TPSA) is 38.5 Å². The largest absolute Gasteiger partial charge is 0.381 e. The first-order chi connectivity index (χ1) is 8.16. The summed E-state index contributed by atoms with van der Waals surface area (Å²) in [6.45, 7) is 8.73. The van der Waals surface area contributed by atoms with Crippen molar-refractivity contribution in [3.05, 3.63) is 0 Å². The molecule has 2 aliphatic rings. The Labute approximate surface area is 106 Å². The van der Waals surface area contributed by atoms with Gasteiger partial charge in [0, 0.05) is 31.2 Å². The van der Waals surface area contributed by atoms with E-state index in [9.17, 15) is 0 Å². The molecule has 2 rings (SSSR count). The first-order valence-electron chi connectivity index (χ1n) is 7.24. The van der Waals surface area contributed by atoms with E-state index in [4.69, 9.17) is 10.5 Å². The van der Waals surface area contributed by atoms with E-state index in [-0.39, 0.29) is 0 Å². The van der Waals surface area contributed by atoms with Crippen molar-refractivity contribution in [2.24, 2.45) is 17.6 Å². The summed E-state index contributed by atoms with van der Waals surface area (Å²) in [4.78, 5) is 2.67. The smallest absolute Gasteiger partial charge is 0.0521 e. The Morgan fingerprint density at radius 1 is 1.29 bits per heavy atom. The summed E-state index contributed by atoms with van der Waals surface area (Å²) in [7, 11) is 0. The van der Waals surface area contributed by atoms with Crippen LogP contribution in [0.1, 0.15) is 39.5 Å². The van der Waals surface area contributed by atoms with Crippen LogP contribution in [0.3, 0.4) is 0 Å². The van der Waals surface area contributed by atoms with Crippen molar-refractivity contribution in [1.82, 2.24) is 4.90 Å². The van der Waals surface area contributed by atoms with Crippen molar-refractivity contribution < 1.29 is 4.74 Å². The molecule has 1 aliphatic carbocycles. The average Bonchev–Trinajstić information content (AvgIpc) is 3.10. The van der Waals surface area contributed by atoms with Crippen LogP contribution in [0, 0.1) is 11.8 Å². The Bertz CT molecular complexity index is 228. The van der Waals surface area contributed by atoms with Crippen molar-refractivity contribution in [3.63, 3.8) is 0 Å². The van der Waals surface area contributed by atoms with Gasteiger partial charge in [-0.05, 0) is 38.1 Å². The Balaban J connectivity index is 1.79. The van der Waals surface area contributed by atoms with Gasteiger partial charge in [-0.1, -0.05) is 13.8 Å². The lowest BCUT2D eigenvalue weighted by Crippen LogP contribution is -2.46. The minimum absolute atomic E-state index is 0.351. The average molecular weight is 240 g/mol. The van der Waals surface area contributed by atoms with Gasteiger partial charge in [0.2, 0.25) is 0 Å². The highest BCUT2D eigenvalue weighted by Gasteiger charge is 2.32. The molecule has 1 saturated carbocycles. The predicted molar refractivity (Wildman–Crippen MR) is 71.0 cm³/mol. The summed E-state index contributed by atoms with van der Waals surface area (Å²) in [6.07, 6.45) is 5.12. The zero-order chi connectivity index (χ0) is 12.3. The molecule has 1 aliphatic heterocycles. The van der Waals surface area contributed by atoms with E-state index in [1.54, 1.807) is 0 Å². The summed E-state index contributed by atoms with van der Waals surface area (Å²) in [5.74, 6) is 1.35. The molecule has 100 valence electrons. The van der Waals surface area contributed by atoms with Gasteiger partial charge in [0.15, 0.2) is 0 Å². The lowest BCUT2D eigenvalue weighted by atomic mass is 9.95. The molecule has 0 aromatic carbocycles. The van der Waals surface area contributed by atoms with Crippen LogP contribution in [-0.2, 0) is 4.74 Å². The molecule has 0 aromatic rings. The molecule has 0 radical (unpaired) electrons. The molecule has 2 fully saturated rings. The van der Waals surface area contributed by atoms with Gasteiger partial charge in [-0.2, -0.15) is 0 Å². The second-order valence-electron chi connectivity index (χ2n) is 6.20. The van der Waals surface area contributed by atoms with Gasteiger partial charge in [-0.3, -0.25) is 4.90 Å². The molecule has 0 spiro atoms. The van der Waals surface area contributed by atoms with E-state index >= 15 is 0 Å². The van der Waals surface area contributed by atoms with Gasteiger partial charge in [0.25, 0.3) is 0 Å². The Hall–Kier alpha value is -0.120. The molecule has 17 heavy (non-hydrogen) atoms. The van der Waals surface area contributed by atoms with Gasteiger partial charge in [0.05, 0.1) is 6.61 Å². The summed E-state index contributed by atoms with van der Waals surface area (Å²) >= 11 is 0. The predicted octanol–water partition coefficient (Wildman–Crippen LogP) is 1.86. The second-order valence-corrected chi connectivity index (χ2v) is 6.20. The van der Waals surface area contributed by atoms with Crippen LogP contribution in [0.4, 0.5) is 0 Å². The van der Waals surface area contributed by atoms with Crippen molar-refractivity contribution in [1.29, 1.82) is 0 Å². The molecule has 0 bridgehead atoms. The van der Waals surface area contributed by atoms with Crippen LogP contribution in [-0.4, -0.2) is 43.3 Å². The second kappa shape index (κ2) is 6.17. The van der Waals surface area contributed by atoms with Crippen LogP contribution in [0.5, 0.6) is 0 Å². The fraction of sp³-hybridized carbons (Fsp3) is 1.00. The van der Waals surface area contributed by atoms with E-state index < -0.39 is 0 Å². The van der Waals surface area contributed by atoms with Gasteiger partial charge in [-0.25, -0.2) is 0 Å². The van der Waals surface area contributed by atoms with Gasteiger partial charge >= 0.3 is 0 Å². The third-order valence-corrected chi connectivity index (χ3v) is 4.06. The van der Waals surface area contributed by atoms with Crippen LogP contribution in [0.2, 0.25) is 0 Å². The van der Waals surface area contributed by atoms with Crippen molar-refractivity contribution in [2.45, 2.75) is 51.6 Å². The number of hydrogen-bond acceptors (Lipinski definition) is 3. The molecule has 1 heterocycles. The number of nitrogens with zero attached hydrogens (tertiary/aromatic N) is 1. The molecular weight excluding hydrogens is 212 g/mol. The number of nitrogens with two attached hydrogens (primary N) is 1. The number of hydrogen-bond donors (Lipinski definition) is 1. The minimum Gasteiger partial charge on any atom is -0.381 e. The van der Waals surface area contributed by atoms with Crippen molar-refractivity contribution in [2.75, 3.05) is 26.3 Å². The van der Waals surface area contributed by atoms with Gasteiger partial charge in [0.1, 0.15) is 0 Å². The molecular formula is C14H28N2O. The van der Waals surface area contributed by atoms with E-state index in [0.717, 1.165) is 38.1 Å². The lowest BCUT2D eigenvalue weighted by Gasteiger charge is -2.34. The zero-order valence-electron chi connectivity index (χ0n) is 11.4. The van der Waals surface area contributed by atoms with Crippen LogP contribution in [0.15, 0.2) is 0 Å². The van der Waals surface area contributed by atoms with E-state index in [0.29, 0.717) is 12.0 Å². The third-order valence-electron chi connectivity index (χ3n) is 4.06. The standard InChI is InChI=1S/C14H28N2O/c1-11(2)5-7-16(13-3-4-13)9-12-10-17-8-6-14(12)15/h11-14H,3-10,15H2,1-2H3. The maximum absolute atomic E-state index is 6.20. The highest BCUT2D eigenvalue weighted by Crippen LogP contribution is 2.29. The first kappa shape index (κ1) is 13.3. The number of rotatable bonds is 6. The maximum atomic E-state index is 6.20. The van der Waals surface area contributed by atoms with E-state index in [1.165, 1.54) is 25.8 Å². The SMILES string of the molecule is CC(C)CCN(CC1COCCC1N)C1CC1. The molecule has 2 unspecified atom stereocenters. The highest BCUT2D eigenvalue weighted by molar-refractivity contribution is 4.88. The Kier molecular flexibility index (Phi) is 4.83. The fourth-order valence-corrected chi connectivity index (χ4v) is 2.59. The molecule has 0 aromatic heterocycles. The molecule has 3 heteroatoms. The maximum Gasteiger partial charge on any atom is 0.0521 e. The molecule has 2 N–H and O–H groups in total. The van der Waals surface area contributed by atoms with E-state index in [2.05, 4.69) is 18.7 Å². The fourth-order valence-electron chi connectivity index (χ4n) is 2.59. The van der Waals surface area contributed by atoms with Crippen molar-refractivity contribution >= 4 is 0 Å². The molecule has 2 atom stereocenters. The van der Waals surface area contributed by atoms with Gasteiger partial charge < -0.3 is 10.5 Å². The van der Waals surface area contributed by atoms with Crippen LogP contribution >= 0.6 is 0 Å². The third kappa shape index (κ3) is 4.23. The normalized spacial score (nSPS) is 30.2. The molecule has 1 saturated heterocycles. The molecule has 3 nitrogen and oxygen atoms in total. The quantitative estimate of drug-likeness (QED) is 0.770. The summed E-state index contributed by atoms with van der Waals surface area (Å²) < 4.78 is 5.57. The van der Waals surface area contributed by atoms with Gasteiger partial charge in [-0.15, -0.1) is 0 Å². The zero-order valence-corrected chi connectivity index (χ0v) is 11.4. The highest BCUT2D eigenvalue weighted by atomic mass is 16.5. The van der Waals surface area contributed by atoms with Crippen molar-refractivity contribution in [3.8, 4) is 0 Å². The first-order valence-corrected chi connectivity index (χ1v) is 7.24. The Morgan fingerprint density at radius 3 is 2.65 bits per heavy atom. The van der Waals surface area contributed by atoms with Crippen LogP contribution < -0.4 is 5.73 Å². The van der Waals surface area contributed by atoms with Crippen LogP contribution in [0.25, 0.3) is 0 Å². The van der Waals surface area contributed by atoms with E-state index in [1.807, 2.05) is 0 Å². The minimum atomic E-state index is 0.351. The molecule has 0 amide bonds. The number of ether oxygens (including phenoxy) is 1. The monoisotopic (exact) mass is 240 g/mol. The summed E-state index contributed by atoms with van der Waals surface area (Å²) in [6, 6.07) is 1.20. The summed E-state index contributed by atoms with van der Waals surface area (Å²) in [5, 5.41) is 0. The lowest BCUT2D eigenvalue weighted by molar-refractivity contribution is 0.0242.